The molecule has 1 aliphatic rings. The third-order valence-corrected chi connectivity index (χ3v) is 5.23. The van der Waals surface area contributed by atoms with Gasteiger partial charge < -0.3 is 9.84 Å². The fourth-order valence-electron chi connectivity index (χ4n) is 2.07. The van der Waals surface area contributed by atoms with Crippen LogP contribution in [0.1, 0.15) is 18.4 Å². The molecule has 114 valence electrons. The highest BCUT2D eigenvalue weighted by molar-refractivity contribution is 7.93. The summed E-state index contributed by atoms with van der Waals surface area (Å²) < 4.78 is 32.5. The zero-order valence-corrected chi connectivity index (χ0v) is 12.9. The number of ether oxygens (including phenoxy) is 1. The Kier molecular flexibility index (Phi) is 5.48. The Morgan fingerprint density at radius 1 is 1.38 bits per heavy atom. The molecule has 0 atom stereocenters. The summed E-state index contributed by atoms with van der Waals surface area (Å²) in [6.45, 7) is 0.589. The first kappa shape index (κ1) is 16.1. The SMILES string of the molecule is O=S(=O)(Nc1cc(Cl)ccc1C#CCO)C1CCOCC1. The summed E-state index contributed by atoms with van der Waals surface area (Å²) in [5.41, 5.74) is 0.805. The maximum absolute atomic E-state index is 12.4. The zero-order chi connectivity index (χ0) is 15.3. The number of aliphatic hydroxyl groups is 1. The van der Waals surface area contributed by atoms with Crippen molar-refractivity contribution < 1.29 is 18.3 Å². The average Bonchev–Trinajstić information content (AvgIpc) is 2.47. The van der Waals surface area contributed by atoms with E-state index >= 15 is 0 Å². The third kappa shape index (κ3) is 4.35. The summed E-state index contributed by atoms with van der Waals surface area (Å²) in [4.78, 5) is 0. The summed E-state index contributed by atoms with van der Waals surface area (Å²) >= 11 is 5.91. The molecule has 1 fully saturated rings. The standard InChI is InChI=1S/C14H16ClNO4S/c15-12-4-3-11(2-1-7-17)14(10-12)16-21(18,19)13-5-8-20-9-6-13/h3-4,10,13,16-17H,5-9H2. The summed E-state index contributed by atoms with van der Waals surface area (Å²) in [5.74, 6) is 5.20. The fourth-order valence-corrected chi connectivity index (χ4v) is 3.69. The number of hydrogen-bond donors (Lipinski definition) is 2. The molecule has 2 N–H and O–H groups in total. The van der Waals surface area contributed by atoms with E-state index < -0.39 is 15.3 Å². The van der Waals surface area contributed by atoms with Crippen molar-refractivity contribution in [2.24, 2.45) is 0 Å². The topological polar surface area (TPSA) is 75.6 Å². The normalized spacial score (nSPS) is 16.1. The van der Waals surface area contributed by atoms with Gasteiger partial charge in [-0.2, -0.15) is 0 Å². The van der Waals surface area contributed by atoms with Crippen LogP contribution in [0, 0.1) is 11.8 Å². The van der Waals surface area contributed by atoms with Crippen LogP contribution in [0.2, 0.25) is 5.02 Å². The van der Waals surface area contributed by atoms with Gasteiger partial charge in [-0.05, 0) is 31.0 Å². The first-order chi connectivity index (χ1) is 10.0. The molecule has 0 amide bonds. The molecule has 1 heterocycles. The molecule has 0 aromatic heterocycles. The van der Waals surface area contributed by atoms with E-state index in [1.54, 1.807) is 12.1 Å². The molecule has 0 saturated carbocycles. The van der Waals surface area contributed by atoms with Crippen molar-refractivity contribution in [3.8, 4) is 11.8 Å². The second-order valence-corrected chi connectivity index (χ2v) is 7.01. The second-order valence-electron chi connectivity index (χ2n) is 4.61. The van der Waals surface area contributed by atoms with Crippen LogP contribution in [0.15, 0.2) is 18.2 Å². The van der Waals surface area contributed by atoms with Gasteiger partial charge >= 0.3 is 0 Å². The Hall–Kier alpha value is -1.26. The molecular weight excluding hydrogens is 314 g/mol. The Morgan fingerprint density at radius 2 is 2.10 bits per heavy atom. The zero-order valence-electron chi connectivity index (χ0n) is 11.3. The lowest BCUT2D eigenvalue weighted by Crippen LogP contribution is -2.33. The van der Waals surface area contributed by atoms with Crippen molar-refractivity contribution in [3.05, 3.63) is 28.8 Å². The van der Waals surface area contributed by atoms with Crippen LogP contribution in [0.25, 0.3) is 0 Å². The van der Waals surface area contributed by atoms with E-state index in [1.807, 2.05) is 0 Å². The minimum atomic E-state index is -3.52. The number of nitrogens with one attached hydrogen (secondary N) is 1. The van der Waals surface area contributed by atoms with Gasteiger partial charge in [0.15, 0.2) is 0 Å². The van der Waals surface area contributed by atoms with Crippen LogP contribution in [-0.4, -0.2) is 38.6 Å². The van der Waals surface area contributed by atoms with Gasteiger partial charge in [0.1, 0.15) is 6.61 Å². The number of aliphatic hydroxyl groups excluding tert-OH is 1. The Labute approximate surface area is 129 Å². The third-order valence-electron chi connectivity index (χ3n) is 3.14. The molecule has 5 nitrogen and oxygen atoms in total. The second kappa shape index (κ2) is 7.14. The molecule has 0 spiro atoms. The van der Waals surface area contributed by atoms with Gasteiger partial charge in [-0.15, -0.1) is 0 Å². The molecule has 1 aromatic rings. The molecule has 0 radical (unpaired) electrons. The van der Waals surface area contributed by atoms with Crippen LogP contribution < -0.4 is 4.72 Å². The van der Waals surface area contributed by atoms with Gasteiger partial charge in [0, 0.05) is 23.8 Å². The molecule has 2 rings (SSSR count). The first-order valence-electron chi connectivity index (χ1n) is 6.51. The van der Waals surface area contributed by atoms with Gasteiger partial charge in [-0.1, -0.05) is 23.4 Å². The molecule has 0 aliphatic carbocycles. The number of benzene rings is 1. The Balaban J connectivity index is 2.27. The van der Waals surface area contributed by atoms with Crippen LogP contribution >= 0.6 is 11.6 Å². The van der Waals surface area contributed by atoms with Crippen molar-refractivity contribution >= 4 is 27.3 Å². The first-order valence-corrected chi connectivity index (χ1v) is 8.44. The van der Waals surface area contributed by atoms with Crippen molar-refractivity contribution in [3.63, 3.8) is 0 Å². The maximum atomic E-state index is 12.4. The van der Waals surface area contributed by atoms with Gasteiger partial charge in [-0.3, -0.25) is 4.72 Å². The highest BCUT2D eigenvalue weighted by atomic mass is 35.5. The monoisotopic (exact) mass is 329 g/mol. The van der Waals surface area contributed by atoms with Gasteiger partial charge in [0.25, 0.3) is 0 Å². The Morgan fingerprint density at radius 3 is 2.76 bits per heavy atom. The van der Waals surface area contributed by atoms with E-state index in [1.165, 1.54) is 6.07 Å². The minimum absolute atomic E-state index is 0.297. The van der Waals surface area contributed by atoms with Crippen LogP contribution in [0.4, 0.5) is 5.69 Å². The van der Waals surface area contributed by atoms with Crippen LogP contribution in [-0.2, 0) is 14.8 Å². The molecule has 7 heteroatoms. The largest absolute Gasteiger partial charge is 0.384 e. The molecule has 1 saturated heterocycles. The van der Waals surface area contributed by atoms with Crippen molar-refractivity contribution in [2.45, 2.75) is 18.1 Å². The summed E-state index contributed by atoms with van der Waals surface area (Å²) in [6, 6.07) is 4.75. The lowest BCUT2D eigenvalue weighted by molar-refractivity contribution is 0.0984. The van der Waals surface area contributed by atoms with E-state index in [4.69, 9.17) is 21.4 Å². The lowest BCUT2D eigenvalue weighted by atomic mass is 10.2. The van der Waals surface area contributed by atoms with E-state index in [9.17, 15) is 8.42 Å². The average molecular weight is 330 g/mol. The lowest BCUT2D eigenvalue weighted by Gasteiger charge is -2.23. The number of sulfonamides is 1. The van der Waals surface area contributed by atoms with E-state index in [0.29, 0.717) is 42.3 Å². The number of rotatable bonds is 3. The predicted molar refractivity (Wildman–Crippen MR) is 81.8 cm³/mol. The predicted octanol–water partition coefficient (Wildman–Crippen LogP) is 1.60. The fraction of sp³-hybridized carbons (Fsp3) is 0.429. The molecule has 0 unspecified atom stereocenters. The minimum Gasteiger partial charge on any atom is -0.384 e. The van der Waals surface area contributed by atoms with Crippen molar-refractivity contribution in [1.29, 1.82) is 0 Å². The van der Waals surface area contributed by atoms with Gasteiger partial charge in [0.05, 0.1) is 10.9 Å². The van der Waals surface area contributed by atoms with Crippen LogP contribution in [0.3, 0.4) is 0 Å². The molecular formula is C14H16ClNO4S. The summed E-state index contributed by atoms with van der Waals surface area (Å²) in [6.07, 6.45) is 0.932. The Bertz CT molecular complexity index is 657. The smallest absolute Gasteiger partial charge is 0.235 e. The van der Waals surface area contributed by atoms with E-state index in [0.717, 1.165) is 0 Å². The van der Waals surface area contributed by atoms with Gasteiger partial charge in [0.2, 0.25) is 10.0 Å². The molecule has 1 aliphatic heterocycles. The van der Waals surface area contributed by atoms with Gasteiger partial charge in [-0.25, -0.2) is 8.42 Å². The summed E-state index contributed by atoms with van der Waals surface area (Å²) in [5, 5.41) is 8.69. The number of halogens is 1. The van der Waals surface area contributed by atoms with Crippen LogP contribution in [0.5, 0.6) is 0 Å². The molecule has 0 bridgehead atoms. The van der Waals surface area contributed by atoms with E-state index in [2.05, 4.69) is 16.6 Å². The highest BCUT2D eigenvalue weighted by Gasteiger charge is 2.28. The molecule has 21 heavy (non-hydrogen) atoms. The number of hydrogen-bond acceptors (Lipinski definition) is 4. The van der Waals surface area contributed by atoms with Crippen molar-refractivity contribution in [1.82, 2.24) is 0 Å². The van der Waals surface area contributed by atoms with Crippen molar-refractivity contribution in [2.75, 3.05) is 24.5 Å². The quantitative estimate of drug-likeness (QED) is 0.826. The van der Waals surface area contributed by atoms with E-state index in [-0.39, 0.29) is 6.61 Å². The summed E-state index contributed by atoms with van der Waals surface area (Å²) in [7, 11) is -3.52. The molecule has 1 aromatic carbocycles. The highest BCUT2D eigenvalue weighted by Crippen LogP contribution is 2.24. The number of anilines is 1. The maximum Gasteiger partial charge on any atom is 0.235 e.